The molecule has 0 saturated carbocycles. The second kappa shape index (κ2) is 7.47. The molecule has 0 amide bonds. The van der Waals surface area contributed by atoms with Crippen molar-refractivity contribution in [3.63, 3.8) is 0 Å². The average molecular weight is 351 g/mol. The molecule has 124 valence electrons. The SMILES string of the molecule is O=S(=O)(CCOc1ccccc1)N1CCC(c2ccsc2)CC1. The fraction of sp³-hybridized carbons (Fsp3) is 0.412. The molecule has 4 nitrogen and oxygen atoms in total. The molecule has 0 atom stereocenters. The minimum absolute atomic E-state index is 0.0328. The Morgan fingerprint density at radius 2 is 1.87 bits per heavy atom. The lowest BCUT2D eigenvalue weighted by Crippen LogP contribution is -2.40. The topological polar surface area (TPSA) is 46.6 Å². The first-order chi connectivity index (χ1) is 11.1. The van der Waals surface area contributed by atoms with Gasteiger partial charge in [-0.05, 0) is 53.3 Å². The molecule has 0 spiro atoms. The molecule has 1 aromatic heterocycles. The molecule has 0 bridgehead atoms. The maximum Gasteiger partial charge on any atom is 0.217 e. The summed E-state index contributed by atoms with van der Waals surface area (Å²) in [5.41, 5.74) is 1.35. The number of sulfonamides is 1. The molecule has 0 N–H and O–H groups in total. The molecular formula is C17H21NO3S2. The molecule has 0 unspecified atom stereocenters. The number of hydrogen-bond acceptors (Lipinski definition) is 4. The van der Waals surface area contributed by atoms with Crippen LogP contribution in [0.15, 0.2) is 47.2 Å². The normalized spacial score (nSPS) is 17.2. The molecule has 23 heavy (non-hydrogen) atoms. The minimum atomic E-state index is -3.23. The van der Waals surface area contributed by atoms with Crippen molar-refractivity contribution >= 4 is 21.4 Å². The maximum atomic E-state index is 12.4. The second-order valence-corrected chi connectivity index (χ2v) is 8.58. The molecule has 3 rings (SSSR count). The van der Waals surface area contributed by atoms with E-state index < -0.39 is 10.0 Å². The van der Waals surface area contributed by atoms with Gasteiger partial charge in [-0.2, -0.15) is 11.3 Å². The van der Waals surface area contributed by atoms with Crippen LogP contribution in [-0.4, -0.2) is 38.2 Å². The first-order valence-electron chi connectivity index (χ1n) is 7.83. The summed E-state index contributed by atoms with van der Waals surface area (Å²) in [5.74, 6) is 1.23. The fourth-order valence-corrected chi connectivity index (χ4v) is 4.95. The molecule has 1 saturated heterocycles. The zero-order valence-corrected chi connectivity index (χ0v) is 14.6. The Balaban J connectivity index is 1.48. The van der Waals surface area contributed by atoms with Crippen molar-refractivity contribution in [3.8, 4) is 5.75 Å². The summed E-state index contributed by atoms with van der Waals surface area (Å²) in [4.78, 5) is 0. The Morgan fingerprint density at radius 1 is 1.13 bits per heavy atom. The van der Waals surface area contributed by atoms with E-state index in [0.717, 1.165) is 12.8 Å². The molecule has 1 fully saturated rings. The Bertz CT molecular complexity index is 691. The van der Waals surface area contributed by atoms with Crippen LogP contribution >= 0.6 is 11.3 Å². The predicted molar refractivity (Wildman–Crippen MR) is 93.6 cm³/mol. The van der Waals surface area contributed by atoms with Gasteiger partial charge in [0.25, 0.3) is 0 Å². The summed E-state index contributed by atoms with van der Waals surface area (Å²) >= 11 is 1.70. The van der Waals surface area contributed by atoms with Gasteiger partial charge in [0.1, 0.15) is 12.4 Å². The van der Waals surface area contributed by atoms with E-state index in [0.29, 0.717) is 24.8 Å². The average Bonchev–Trinajstić information content (AvgIpc) is 3.10. The van der Waals surface area contributed by atoms with E-state index in [4.69, 9.17) is 4.74 Å². The Hall–Kier alpha value is -1.37. The number of hydrogen-bond donors (Lipinski definition) is 0. The minimum Gasteiger partial charge on any atom is -0.492 e. The van der Waals surface area contributed by atoms with Gasteiger partial charge in [-0.25, -0.2) is 12.7 Å². The van der Waals surface area contributed by atoms with Crippen molar-refractivity contribution in [1.29, 1.82) is 0 Å². The number of rotatable bonds is 6. The zero-order valence-electron chi connectivity index (χ0n) is 12.9. The van der Waals surface area contributed by atoms with E-state index in [1.165, 1.54) is 5.56 Å². The highest BCUT2D eigenvalue weighted by molar-refractivity contribution is 7.89. The Kier molecular flexibility index (Phi) is 5.35. The fourth-order valence-electron chi connectivity index (χ4n) is 2.89. The van der Waals surface area contributed by atoms with Crippen LogP contribution < -0.4 is 4.74 Å². The van der Waals surface area contributed by atoms with Gasteiger partial charge in [-0.15, -0.1) is 0 Å². The Morgan fingerprint density at radius 3 is 2.52 bits per heavy atom. The monoisotopic (exact) mass is 351 g/mol. The van der Waals surface area contributed by atoms with Gasteiger partial charge < -0.3 is 4.74 Å². The van der Waals surface area contributed by atoms with Crippen LogP contribution in [0.2, 0.25) is 0 Å². The first kappa shape index (κ1) is 16.5. The van der Waals surface area contributed by atoms with Gasteiger partial charge in [0.05, 0.1) is 5.75 Å². The second-order valence-electron chi connectivity index (χ2n) is 5.71. The predicted octanol–water partition coefficient (Wildman–Crippen LogP) is 3.34. The summed E-state index contributed by atoms with van der Waals surface area (Å²) in [5, 5.41) is 4.25. The lowest BCUT2D eigenvalue weighted by Gasteiger charge is -2.31. The molecular weight excluding hydrogens is 330 g/mol. The molecule has 0 radical (unpaired) electrons. The highest BCUT2D eigenvalue weighted by Gasteiger charge is 2.28. The highest BCUT2D eigenvalue weighted by Crippen LogP contribution is 2.30. The number of para-hydroxylation sites is 1. The van der Waals surface area contributed by atoms with Crippen molar-refractivity contribution in [2.75, 3.05) is 25.4 Å². The highest BCUT2D eigenvalue weighted by atomic mass is 32.2. The van der Waals surface area contributed by atoms with Crippen molar-refractivity contribution in [2.45, 2.75) is 18.8 Å². The molecule has 1 aliphatic rings. The largest absolute Gasteiger partial charge is 0.492 e. The van der Waals surface area contributed by atoms with Crippen molar-refractivity contribution in [2.24, 2.45) is 0 Å². The van der Waals surface area contributed by atoms with Gasteiger partial charge in [0.2, 0.25) is 10.0 Å². The van der Waals surface area contributed by atoms with Crippen LogP contribution in [0.4, 0.5) is 0 Å². The number of piperidine rings is 1. The molecule has 1 aromatic carbocycles. The van der Waals surface area contributed by atoms with E-state index in [-0.39, 0.29) is 12.4 Å². The van der Waals surface area contributed by atoms with Gasteiger partial charge in [0, 0.05) is 13.1 Å². The molecule has 1 aliphatic heterocycles. The van der Waals surface area contributed by atoms with Crippen molar-refractivity contribution < 1.29 is 13.2 Å². The first-order valence-corrected chi connectivity index (χ1v) is 10.4. The lowest BCUT2D eigenvalue weighted by atomic mass is 9.92. The summed E-state index contributed by atoms with van der Waals surface area (Å²) in [7, 11) is -3.23. The van der Waals surface area contributed by atoms with Gasteiger partial charge in [-0.3, -0.25) is 0 Å². The van der Waals surface area contributed by atoms with Crippen molar-refractivity contribution in [1.82, 2.24) is 4.31 Å². The van der Waals surface area contributed by atoms with E-state index in [9.17, 15) is 8.42 Å². The summed E-state index contributed by atoms with van der Waals surface area (Å²) in [6.45, 7) is 1.40. The maximum absolute atomic E-state index is 12.4. The summed E-state index contributed by atoms with van der Waals surface area (Å²) in [6.07, 6.45) is 1.80. The standard InChI is InChI=1S/C17H21NO3S2/c19-23(20,13-11-21-17-4-2-1-3-5-17)18-9-6-15(7-10-18)16-8-12-22-14-16/h1-5,8,12,14-15H,6-7,9-11,13H2. The number of thiophene rings is 1. The van der Waals surface area contributed by atoms with Gasteiger partial charge in [0.15, 0.2) is 0 Å². The van der Waals surface area contributed by atoms with E-state index in [1.54, 1.807) is 15.6 Å². The molecule has 0 aliphatic carbocycles. The van der Waals surface area contributed by atoms with Crippen LogP contribution in [0.5, 0.6) is 5.75 Å². The zero-order chi connectivity index (χ0) is 16.1. The smallest absolute Gasteiger partial charge is 0.217 e. The third-order valence-electron chi connectivity index (χ3n) is 4.22. The van der Waals surface area contributed by atoms with E-state index in [2.05, 4.69) is 16.8 Å². The van der Waals surface area contributed by atoms with Crippen LogP contribution in [0, 0.1) is 0 Å². The summed E-state index contributed by atoms with van der Waals surface area (Å²) < 4.78 is 32.0. The van der Waals surface area contributed by atoms with E-state index >= 15 is 0 Å². The number of ether oxygens (including phenoxy) is 1. The lowest BCUT2D eigenvalue weighted by molar-refractivity contribution is 0.307. The quantitative estimate of drug-likeness (QED) is 0.802. The van der Waals surface area contributed by atoms with Gasteiger partial charge >= 0.3 is 0 Å². The van der Waals surface area contributed by atoms with Crippen LogP contribution in [0.1, 0.15) is 24.3 Å². The summed E-state index contributed by atoms with van der Waals surface area (Å²) in [6, 6.07) is 11.5. The van der Waals surface area contributed by atoms with Gasteiger partial charge in [-0.1, -0.05) is 18.2 Å². The van der Waals surface area contributed by atoms with Crippen LogP contribution in [0.3, 0.4) is 0 Å². The van der Waals surface area contributed by atoms with Crippen LogP contribution in [-0.2, 0) is 10.0 Å². The Labute approximate surface area is 141 Å². The molecule has 2 heterocycles. The molecule has 2 aromatic rings. The number of benzene rings is 1. The third-order valence-corrected chi connectivity index (χ3v) is 6.75. The third kappa shape index (κ3) is 4.34. The van der Waals surface area contributed by atoms with Crippen LogP contribution in [0.25, 0.3) is 0 Å². The molecule has 6 heteroatoms. The van der Waals surface area contributed by atoms with Crippen molar-refractivity contribution in [3.05, 3.63) is 52.7 Å². The van der Waals surface area contributed by atoms with E-state index in [1.807, 2.05) is 30.3 Å². The number of nitrogens with zero attached hydrogens (tertiary/aromatic N) is 1.